The molecule has 2 atom stereocenters. The highest BCUT2D eigenvalue weighted by Gasteiger charge is 2.47. The Morgan fingerprint density at radius 3 is 2.72 bits per heavy atom. The van der Waals surface area contributed by atoms with Gasteiger partial charge in [0.2, 0.25) is 0 Å². The molecule has 29 heavy (non-hydrogen) atoms. The molecule has 3 aromatic rings. The van der Waals surface area contributed by atoms with Crippen LogP contribution >= 0.6 is 11.6 Å². The number of hydrogen-bond acceptors (Lipinski definition) is 5. The first-order valence-electron chi connectivity index (χ1n) is 9.75. The largest absolute Gasteiger partial charge is 0.481 e. The molecule has 2 bridgehead atoms. The predicted octanol–water partition coefficient (Wildman–Crippen LogP) is 3.89. The van der Waals surface area contributed by atoms with Crippen molar-refractivity contribution >= 4 is 28.6 Å². The third kappa shape index (κ3) is 3.15. The molecular weight excluding hydrogens is 397 g/mol. The number of fused-ring (bicyclic) bond motifs is 4. The van der Waals surface area contributed by atoms with Gasteiger partial charge in [-0.2, -0.15) is 5.10 Å². The maximum Gasteiger partial charge on any atom is 0.307 e. The van der Waals surface area contributed by atoms with Crippen LogP contribution in [0.1, 0.15) is 31.4 Å². The number of carboxylic acids is 1. The predicted molar refractivity (Wildman–Crippen MR) is 104 cm³/mol. The van der Waals surface area contributed by atoms with Gasteiger partial charge in [-0.3, -0.25) is 9.89 Å². The van der Waals surface area contributed by atoms with Gasteiger partial charge in [0, 0.05) is 6.20 Å². The number of aromatic nitrogens is 5. The third-order valence-corrected chi connectivity index (χ3v) is 6.73. The number of aliphatic carboxylic acids is 1. The van der Waals surface area contributed by atoms with E-state index in [0.29, 0.717) is 39.9 Å². The van der Waals surface area contributed by atoms with Crippen molar-refractivity contribution in [2.24, 2.45) is 23.7 Å². The molecule has 6 rings (SSSR count). The first-order valence-corrected chi connectivity index (χ1v) is 10.1. The van der Waals surface area contributed by atoms with Crippen LogP contribution in [0.5, 0.6) is 0 Å². The van der Waals surface area contributed by atoms with Gasteiger partial charge in [-0.15, -0.1) is 0 Å². The van der Waals surface area contributed by atoms with Crippen LogP contribution in [-0.2, 0) is 11.2 Å². The Morgan fingerprint density at radius 2 is 1.97 bits per heavy atom. The molecule has 0 spiro atoms. The van der Waals surface area contributed by atoms with Gasteiger partial charge in [0.1, 0.15) is 5.69 Å². The van der Waals surface area contributed by atoms with Crippen LogP contribution in [0.4, 0.5) is 4.39 Å². The van der Waals surface area contributed by atoms with Crippen LogP contribution in [0, 0.1) is 29.5 Å². The summed E-state index contributed by atoms with van der Waals surface area (Å²) < 4.78 is 14.6. The normalized spacial score (nSPS) is 26.1. The number of hydrogen-bond donors (Lipinski definition) is 2. The topological polar surface area (TPSA) is 105 Å². The van der Waals surface area contributed by atoms with Gasteiger partial charge < -0.3 is 5.11 Å². The van der Waals surface area contributed by atoms with Crippen LogP contribution < -0.4 is 0 Å². The maximum atomic E-state index is 14.6. The number of pyridine rings is 1. The molecule has 0 saturated heterocycles. The van der Waals surface area contributed by atoms with Crippen LogP contribution in [0.15, 0.2) is 18.5 Å². The number of H-pyrrole nitrogens is 1. The van der Waals surface area contributed by atoms with E-state index < -0.39 is 17.7 Å². The van der Waals surface area contributed by atoms with Crippen molar-refractivity contribution < 1.29 is 14.3 Å². The molecular formula is C20H19ClFN5O2. The molecule has 0 aliphatic heterocycles. The zero-order chi connectivity index (χ0) is 20.1. The molecule has 3 aliphatic carbocycles. The van der Waals surface area contributed by atoms with E-state index in [2.05, 4.69) is 25.1 Å². The van der Waals surface area contributed by atoms with Crippen molar-refractivity contribution in [3.8, 4) is 11.5 Å². The third-order valence-electron chi connectivity index (χ3n) is 6.52. The van der Waals surface area contributed by atoms with E-state index in [1.807, 2.05) is 0 Å². The molecule has 0 amide bonds. The zero-order valence-corrected chi connectivity index (χ0v) is 16.2. The van der Waals surface area contributed by atoms with Gasteiger partial charge in [0.15, 0.2) is 17.3 Å². The van der Waals surface area contributed by atoms with Crippen molar-refractivity contribution in [1.29, 1.82) is 0 Å². The van der Waals surface area contributed by atoms with Crippen molar-refractivity contribution in [1.82, 2.24) is 25.1 Å². The molecule has 0 radical (unpaired) electrons. The average Bonchev–Trinajstić information content (AvgIpc) is 3.13. The van der Waals surface area contributed by atoms with Gasteiger partial charge in [-0.1, -0.05) is 11.6 Å². The number of halogens is 2. The number of nitrogens with zero attached hydrogens (tertiary/aromatic N) is 4. The Kier molecular flexibility index (Phi) is 4.46. The lowest BCUT2D eigenvalue weighted by atomic mass is 9.57. The fraction of sp³-hybridized carbons (Fsp3) is 0.450. The molecule has 0 aromatic carbocycles. The smallest absolute Gasteiger partial charge is 0.307 e. The van der Waals surface area contributed by atoms with Crippen molar-refractivity contribution in [3.63, 3.8) is 0 Å². The molecule has 0 unspecified atom stereocenters. The molecule has 7 nitrogen and oxygen atoms in total. The lowest BCUT2D eigenvalue weighted by molar-refractivity contribution is -0.152. The Labute approximate surface area is 170 Å². The molecule has 3 saturated carbocycles. The standard InChI is InChI=1S/C20H19ClFN5O2/c21-11-5-13-17(26-27-18(13)23-7-11)19-24-8-14(22)15(25-19)6-12-9-1-3-10(4-2-9)16(12)20(28)29/h5,7-10,12,16H,1-4,6H2,(H,28,29)(H,23,26,27)/t9?,10?,12-,16-/m1/s1. The maximum absolute atomic E-state index is 14.6. The Bertz CT molecular complexity index is 1100. The number of carboxylic acid groups (broad SMARTS) is 1. The van der Waals surface area contributed by atoms with Crippen LogP contribution in [-0.4, -0.2) is 36.2 Å². The zero-order valence-electron chi connectivity index (χ0n) is 15.5. The lowest BCUT2D eigenvalue weighted by Gasteiger charge is -2.46. The Balaban J connectivity index is 1.51. The van der Waals surface area contributed by atoms with Crippen molar-refractivity contribution in [2.45, 2.75) is 32.1 Å². The number of aromatic amines is 1. The van der Waals surface area contributed by atoms with E-state index in [0.717, 1.165) is 31.9 Å². The minimum atomic E-state index is -0.778. The number of nitrogens with one attached hydrogen (secondary N) is 1. The summed E-state index contributed by atoms with van der Waals surface area (Å²) in [5.41, 5.74) is 1.22. The van der Waals surface area contributed by atoms with Gasteiger partial charge >= 0.3 is 5.97 Å². The fourth-order valence-electron chi connectivity index (χ4n) is 5.19. The van der Waals surface area contributed by atoms with Crippen molar-refractivity contribution in [2.75, 3.05) is 0 Å². The SMILES string of the molecule is O=C(O)[C@@H]1C2CCC(CC2)[C@H]1Cc1nc(-c2[nH]nc3ncc(Cl)cc23)ncc1F. The van der Waals surface area contributed by atoms with Crippen LogP contribution in [0.2, 0.25) is 5.02 Å². The summed E-state index contributed by atoms with van der Waals surface area (Å²) in [4.78, 5) is 24.6. The van der Waals surface area contributed by atoms with E-state index in [1.165, 1.54) is 6.20 Å². The van der Waals surface area contributed by atoms with E-state index in [4.69, 9.17) is 11.6 Å². The summed E-state index contributed by atoms with van der Waals surface area (Å²) in [6, 6.07) is 1.70. The highest BCUT2D eigenvalue weighted by atomic mass is 35.5. The summed E-state index contributed by atoms with van der Waals surface area (Å²) in [7, 11) is 0. The van der Waals surface area contributed by atoms with E-state index in [9.17, 15) is 14.3 Å². The Morgan fingerprint density at radius 1 is 1.21 bits per heavy atom. The second-order valence-electron chi connectivity index (χ2n) is 8.02. The summed E-state index contributed by atoms with van der Waals surface area (Å²) in [6.07, 6.45) is 6.84. The summed E-state index contributed by atoms with van der Waals surface area (Å²) in [5, 5.41) is 17.8. The minimum Gasteiger partial charge on any atom is -0.481 e. The minimum absolute atomic E-state index is 0.105. The lowest BCUT2D eigenvalue weighted by Crippen LogP contribution is -2.45. The van der Waals surface area contributed by atoms with Crippen molar-refractivity contribution in [3.05, 3.63) is 35.0 Å². The number of carbonyl (C=O) groups is 1. The van der Waals surface area contributed by atoms with E-state index in [-0.39, 0.29) is 17.5 Å². The van der Waals surface area contributed by atoms with Gasteiger partial charge in [0.05, 0.1) is 28.2 Å². The highest BCUT2D eigenvalue weighted by molar-refractivity contribution is 6.31. The van der Waals surface area contributed by atoms with E-state index in [1.54, 1.807) is 6.07 Å². The highest BCUT2D eigenvalue weighted by Crippen LogP contribution is 2.50. The van der Waals surface area contributed by atoms with E-state index >= 15 is 0 Å². The second-order valence-corrected chi connectivity index (χ2v) is 8.45. The van der Waals surface area contributed by atoms with Gasteiger partial charge in [-0.05, 0) is 55.9 Å². The first kappa shape index (κ1) is 18.4. The quantitative estimate of drug-likeness (QED) is 0.669. The molecule has 9 heteroatoms. The summed E-state index contributed by atoms with van der Waals surface area (Å²) in [6.45, 7) is 0. The van der Waals surface area contributed by atoms with Gasteiger partial charge in [0.25, 0.3) is 0 Å². The molecule has 3 aromatic heterocycles. The number of rotatable bonds is 4. The van der Waals surface area contributed by atoms with Crippen LogP contribution in [0.3, 0.4) is 0 Å². The second kappa shape index (κ2) is 7.02. The average molecular weight is 416 g/mol. The van der Waals surface area contributed by atoms with Gasteiger partial charge in [-0.25, -0.2) is 19.3 Å². The molecule has 150 valence electrons. The molecule has 2 N–H and O–H groups in total. The van der Waals surface area contributed by atoms with Crippen LogP contribution in [0.25, 0.3) is 22.6 Å². The molecule has 3 aliphatic rings. The monoisotopic (exact) mass is 415 g/mol. The first-order chi connectivity index (χ1) is 14.0. The summed E-state index contributed by atoms with van der Waals surface area (Å²) >= 11 is 6.04. The summed E-state index contributed by atoms with van der Waals surface area (Å²) in [5.74, 6) is -1.06. The Hall–Kier alpha value is -2.61. The molecule has 3 heterocycles. The molecule has 3 fully saturated rings. The fourth-order valence-corrected chi connectivity index (χ4v) is 5.35.